The van der Waals surface area contributed by atoms with Crippen molar-refractivity contribution in [3.8, 4) is 0 Å². The van der Waals surface area contributed by atoms with Crippen LogP contribution in [0.1, 0.15) is 32.6 Å². The molecule has 0 bridgehead atoms. The Hall–Kier alpha value is -1.63. The predicted octanol–water partition coefficient (Wildman–Crippen LogP) is 0.236. The summed E-state index contributed by atoms with van der Waals surface area (Å²) in [6.07, 6.45) is 1.37. The van der Waals surface area contributed by atoms with E-state index in [2.05, 4.69) is 5.32 Å². The maximum atomic E-state index is 11.6. The molecule has 0 aromatic carbocycles. The molecule has 1 saturated carbocycles. The molecule has 0 spiro atoms. The molecule has 0 radical (unpaired) electrons. The number of aliphatic carboxylic acids is 2. The van der Waals surface area contributed by atoms with Gasteiger partial charge in [-0.15, -0.1) is 0 Å². The zero-order valence-corrected chi connectivity index (χ0v) is 10.8. The maximum Gasteiger partial charge on any atom is 0.326 e. The number of rotatable bonds is 8. The van der Waals surface area contributed by atoms with Crippen molar-refractivity contribution < 1.29 is 29.3 Å². The van der Waals surface area contributed by atoms with E-state index in [0.717, 1.165) is 12.8 Å². The van der Waals surface area contributed by atoms with E-state index in [1.807, 2.05) is 6.92 Å². The Morgan fingerprint density at radius 2 is 1.95 bits per heavy atom. The van der Waals surface area contributed by atoms with Crippen LogP contribution in [0.15, 0.2) is 0 Å². The standard InChI is InChI=1S/C12H19NO6/c1-2-19-8-3-7(4-8)5-10(14)13-9(12(17)18)6-11(15)16/h7-9H,2-6H2,1H3,(H,13,14)(H,15,16)(H,17,18)/t7?,8?,9-/m0/s1. The molecule has 1 fully saturated rings. The Morgan fingerprint density at radius 1 is 1.32 bits per heavy atom. The minimum absolute atomic E-state index is 0.191. The molecule has 1 aliphatic carbocycles. The van der Waals surface area contributed by atoms with Crippen molar-refractivity contribution in [2.75, 3.05) is 6.61 Å². The Morgan fingerprint density at radius 3 is 2.42 bits per heavy atom. The van der Waals surface area contributed by atoms with E-state index in [1.54, 1.807) is 0 Å². The van der Waals surface area contributed by atoms with E-state index in [0.29, 0.717) is 6.61 Å². The molecule has 19 heavy (non-hydrogen) atoms. The highest BCUT2D eigenvalue weighted by Gasteiger charge is 2.32. The molecule has 3 N–H and O–H groups in total. The largest absolute Gasteiger partial charge is 0.481 e. The number of carboxylic acid groups (broad SMARTS) is 2. The van der Waals surface area contributed by atoms with Gasteiger partial charge in [-0.2, -0.15) is 0 Å². The van der Waals surface area contributed by atoms with Crippen LogP contribution < -0.4 is 5.32 Å². The monoisotopic (exact) mass is 273 g/mol. The lowest BCUT2D eigenvalue weighted by atomic mass is 9.80. The van der Waals surface area contributed by atoms with Gasteiger partial charge >= 0.3 is 11.9 Å². The van der Waals surface area contributed by atoms with E-state index < -0.39 is 30.3 Å². The van der Waals surface area contributed by atoms with Crippen molar-refractivity contribution in [1.82, 2.24) is 5.32 Å². The fraction of sp³-hybridized carbons (Fsp3) is 0.750. The maximum absolute atomic E-state index is 11.6. The van der Waals surface area contributed by atoms with Crippen LogP contribution in [0.5, 0.6) is 0 Å². The zero-order valence-electron chi connectivity index (χ0n) is 10.8. The van der Waals surface area contributed by atoms with Crippen molar-refractivity contribution in [3.05, 3.63) is 0 Å². The average Bonchev–Trinajstić information content (AvgIpc) is 2.24. The molecule has 1 rings (SSSR count). The summed E-state index contributed by atoms with van der Waals surface area (Å²) in [5.74, 6) is -2.83. The Labute approximate surface area is 110 Å². The summed E-state index contributed by atoms with van der Waals surface area (Å²) in [5, 5.41) is 19.6. The SMILES string of the molecule is CCOC1CC(CC(=O)N[C@@H](CC(=O)O)C(=O)O)C1. The highest BCUT2D eigenvalue weighted by molar-refractivity contribution is 5.86. The van der Waals surface area contributed by atoms with E-state index in [4.69, 9.17) is 14.9 Å². The van der Waals surface area contributed by atoms with Gasteiger partial charge in [0.05, 0.1) is 12.5 Å². The van der Waals surface area contributed by atoms with Crippen LogP contribution in [0.3, 0.4) is 0 Å². The van der Waals surface area contributed by atoms with Gasteiger partial charge in [-0.3, -0.25) is 9.59 Å². The van der Waals surface area contributed by atoms with Crippen molar-refractivity contribution in [3.63, 3.8) is 0 Å². The van der Waals surface area contributed by atoms with E-state index in [9.17, 15) is 14.4 Å². The second kappa shape index (κ2) is 7.08. The van der Waals surface area contributed by atoms with Crippen LogP contribution in [-0.4, -0.2) is 46.8 Å². The molecule has 0 saturated heterocycles. The number of carbonyl (C=O) groups excluding carboxylic acids is 1. The van der Waals surface area contributed by atoms with Gasteiger partial charge in [-0.25, -0.2) is 4.79 Å². The molecule has 1 amide bonds. The molecule has 0 aliphatic heterocycles. The second-order valence-corrected chi connectivity index (χ2v) is 4.68. The van der Waals surface area contributed by atoms with Crippen LogP contribution >= 0.6 is 0 Å². The van der Waals surface area contributed by atoms with E-state index in [-0.39, 0.29) is 18.4 Å². The lowest BCUT2D eigenvalue weighted by molar-refractivity contribution is -0.147. The van der Waals surface area contributed by atoms with Crippen molar-refractivity contribution in [1.29, 1.82) is 0 Å². The van der Waals surface area contributed by atoms with Crippen LogP contribution in [0.4, 0.5) is 0 Å². The van der Waals surface area contributed by atoms with Gasteiger partial charge in [0.1, 0.15) is 6.04 Å². The number of hydrogen-bond donors (Lipinski definition) is 3. The number of amides is 1. The summed E-state index contributed by atoms with van der Waals surface area (Å²) in [7, 11) is 0. The molecule has 0 heterocycles. The summed E-state index contributed by atoms with van der Waals surface area (Å²) >= 11 is 0. The van der Waals surface area contributed by atoms with Crippen LogP contribution in [-0.2, 0) is 19.1 Å². The highest BCUT2D eigenvalue weighted by atomic mass is 16.5. The van der Waals surface area contributed by atoms with Gasteiger partial charge in [0.25, 0.3) is 0 Å². The molecule has 1 aliphatic rings. The summed E-state index contributed by atoms with van der Waals surface area (Å²) in [6, 6.07) is -1.37. The first kappa shape index (κ1) is 15.4. The zero-order chi connectivity index (χ0) is 14.4. The van der Waals surface area contributed by atoms with Crippen LogP contribution in [0.2, 0.25) is 0 Å². The van der Waals surface area contributed by atoms with Crippen molar-refractivity contribution in [2.45, 2.75) is 44.8 Å². The highest BCUT2D eigenvalue weighted by Crippen LogP contribution is 2.32. The number of nitrogens with one attached hydrogen (secondary N) is 1. The third-order valence-corrected chi connectivity index (χ3v) is 3.08. The Bertz CT molecular complexity index is 350. The van der Waals surface area contributed by atoms with Crippen LogP contribution in [0.25, 0.3) is 0 Å². The minimum atomic E-state index is -1.37. The van der Waals surface area contributed by atoms with E-state index >= 15 is 0 Å². The molecular weight excluding hydrogens is 254 g/mol. The number of ether oxygens (including phenoxy) is 1. The van der Waals surface area contributed by atoms with Gasteiger partial charge in [-0.1, -0.05) is 0 Å². The summed E-state index contributed by atoms with van der Waals surface area (Å²) in [5.41, 5.74) is 0. The number of carboxylic acids is 2. The van der Waals surface area contributed by atoms with Gasteiger partial charge < -0.3 is 20.3 Å². The average molecular weight is 273 g/mol. The topological polar surface area (TPSA) is 113 Å². The first-order valence-corrected chi connectivity index (χ1v) is 6.28. The van der Waals surface area contributed by atoms with Crippen molar-refractivity contribution in [2.24, 2.45) is 5.92 Å². The first-order chi connectivity index (χ1) is 8.92. The summed E-state index contributed by atoms with van der Waals surface area (Å²) in [4.78, 5) is 32.8. The molecule has 1 atom stereocenters. The smallest absolute Gasteiger partial charge is 0.326 e. The molecule has 108 valence electrons. The van der Waals surface area contributed by atoms with Crippen LogP contribution in [0, 0.1) is 5.92 Å². The van der Waals surface area contributed by atoms with Gasteiger partial charge in [-0.05, 0) is 25.7 Å². The normalized spacial score (nSPS) is 23.2. The summed E-state index contributed by atoms with van der Waals surface area (Å²) in [6.45, 7) is 2.55. The number of hydrogen-bond acceptors (Lipinski definition) is 4. The molecule has 0 aromatic heterocycles. The second-order valence-electron chi connectivity index (χ2n) is 4.68. The van der Waals surface area contributed by atoms with E-state index in [1.165, 1.54) is 0 Å². The fourth-order valence-corrected chi connectivity index (χ4v) is 2.10. The van der Waals surface area contributed by atoms with Gasteiger partial charge in [0, 0.05) is 13.0 Å². The lowest BCUT2D eigenvalue weighted by Crippen LogP contribution is -2.44. The Balaban J connectivity index is 2.30. The number of carbonyl (C=O) groups is 3. The molecular formula is C12H19NO6. The summed E-state index contributed by atoms with van der Waals surface area (Å²) < 4.78 is 5.36. The molecule has 7 nitrogen and oxygen atoms in total. The first-order valence-electron chi connectivity index (χ1n) is 6.28. The van der Waals surface area contributed by atoms with Crippen molar-refractivity contribution >= 4 is 17.8 Å². The molecule has 7 heteroatoms. The Kier molecular flexibility index (Phi) is 5.75. The quantitative estimate of drug-likeness (QED) is 0.583. The fourth-order valence-electron chi connectivity index (χ4n) is 2.10. The third kappa shape index (κ3) is 5.25. The van der Waals surface area contributed by atoms with Gasteiger partial charge in [0.2, 0.25) is 5.91 Å². The van der Waals surface area contributed by atoms with Gasteiger partial charge in [0.15, 0.2) is 0 Å². The third-order valence-electron chi connectivity index (χ3n) is 3.08. The lowest BCUT2D eigenvalue weighted by Gasteiger charge is -2.34. The molecule has 0 unspecified atom stereocenters. The predicted molar refractivity (Wildman–Crippen MR) is 64.6 cm³/mol. The molecule has 0 aromatic rings. The minimum Gasteiger partial charge on any atom is -0.481 e.